The Balaban J connectivity index is 2.94. The molecule has 20 heavy (non-hydrogen) atoms. The van der Waals surface area contributed by atoms with Gasteiger partial charge in [-0.2, -0.15) is 0 Å². The Kier molecular flexibility index (Phi) is 5.91. The van der Waals surface area contributed by atoms with Crippen LogP contribution < -0.4 is 11.1 Å². The minimum absolute atomic E-state index is 0.0923. The summed E-state index contributed by atoms with van der Waals surface area (Å²) in [6.07, 6.45) is 0.622. The number of carbonyl (C=O) groups excluding carboxylic acids is 1. The van der Waals surface area contributed by atoms with Crippen LogP contribution in [0.5, 0.6) is 0 Å². The number of rotatable bonds is 6. The van der Waals surface area contributed by atoms with Gasteiger partial charge in [-0.3, -0.25) is 14.9 Å². The molecule has 0 heterocycles. The average molecular weight is 300 g/mol. The monoisotopic (exact) mass is 299 g/mol. The number of hydrogen-bond donors (Lipinski definition) is 2. The van der Waals surface area contributed by atoms with E-state index in [1.165, 1.54) is 18.2 Å². The molecule has 1 atom stereocenters. The second kappa shape index (κ2) is 7.21. The van der Waals surface area contributed by atoms with Crippen molar-refractivity contribution in [3.05, 3.63) is 33.3 Å². The third-order valence-electron chi connectivity index (χ3n) is 2.82. The molecule has 1 rings (SSSR count). The lowest BCUT2D eigenvalue weighted by Gasteiger charge is -2.16. The zero-order chi connectivity index (χ0) is 15.3. The SMILES string of the molecule is CC(C)CC(CN)C(=O)Nc1cc(Cl)ccc1[N+](=O)[O-]. The van der Waals surface area contributed by atoms with E-state index in [0.29, 0.717) is 17.4 Å². The van der Waals surface area contributed by atoms with Crippen LogP contribution in [-0.2, 0) is 4.79 Å². The van der Waals surface area contributed by atoms with Crippen molar-refractivity contribution in [2.45, 2.75) is 20.3 Å². The molecule has 0 bridgehead atoms. The molecule has 0 fully saturated rings. The molecule has 1 amide bonds. The van der Waals surface area contributed by atoms with Crippen molar-refractivity contribution in [1.82, 2.24) is 0 Å². The van der Waals surface area contributed by atoms with E-state index < -0.39 is 4.92 Å². The largest absolute Gasteiger partial charge is 0.330 e. The lowest BCUT2D eigenvalue weighted by atomic mass is 9.96. The van der Waals surface area contributed by atoms with Crippen LogP contribution in [0.3, 0.4) is 0 Å². The smallest absolute Gasteiger partial charge is 0.292 e. The van der Waals surface area contributed by atoms with Gasteiger partial charge in [-0.1, -0.05) is 25.4 Å². The van der Waals surface area contributed by atoms with E-state index in [0.717, 1.165) is 0 Å². The molecule has 6 nitrogen and oxygen atoms in total. The molecule has 0 aliphatic rings. The maximum absolute atomic E-state index is 12.1. The second-order valence-corrected chi connectivity index (χ2v) is 5.41. The van der Waals surface area contributed by atoms with Gasteiger partial charge in [0.2, 0.25) is 5.91 Å². The summed E-state index contributed by atoms with van der Waals surface area (Å²) in [5.41, 5.74) is 5.48. The van der Waals surface area contributed by atoms with Gasteiger partial charge >= 0.3 is 0 Å². The van der Waals surface area contributed by atoms with Crippen molar-refractivity contribution in [3.8, 4) is 0 Å². The van der Waals surface area contributed by atoms with Gasteiger partial charge in [-0.25, -0.2) is 0 Å². The molecule has 0 saturated carbocycles. The zero-order valence-corrected chi connectivity index (χ0v) is 12.2. The van der Waals surface area contributed by atoms with Crippen LogP contribution in [0.2, 0.25) is 5.02 Å². The number of nitrogens with two attached hydrogens (primary N) is 1. The van der Waals surface area contributed by atoms with Crippen molar-refractivity contribution >= 4 is 28.9 Å². The molecule has 0 spiro atoms. The van der Waals surface area contributed by atoms with Crippen LogP contribution in [0.25, 0.3) is 0 Å². The number of benzene rings is 1. The van der Waals surface area contributed by atoms with Crippen LogP contribution in [0.4, 0.5) is 11.4 Å². The Bertz CT molecular complexity index is 506. The predicted octanol–water partition coefficient (Wildman–Crippen LogP) is 2.81. The van der Waals surface area contributed by atoms with Crippen molar-refractivity contribution in [2.24, 2.45) is 17.6 Å². The number of nitrogens with zero attached hydrogens (tertiary/aromatic N) is 1. The van der Waals surface area contributed by atoms with E-state index in [4.69, 9.17) is 17.3 Å². The molecular weight excluding hydrogens is 282 g/mol. The Morgan fingerprint density at radius 1 is 1.50 bits per heavy atom. The first kappa shape index (κ1) is 16.4. The fraction of sp³-hybridized carbons (Fsp3) is 0.462. The van der Waals surface area contributed by atoms with Gasteiger partial charge in [0.05, 0.1) is 10.8 Å². The number of nitro groups is 1. The Morgan fingerprint density at radius 2 is 2.15 bits per heavy atom. The number of halogens is 1. The number of hydrogen-bond acceptors (Lipinski definition) is 4. The minimum atomic E-state index is -0.564. The molecule has 0 saturated heterocycles. The number of nitro benzene ring substituents is 1. The maximum atomic E-state index is 12.1. The van der Waals surface area contributed by atoms with Gasteiger partial charge < -0.3 is 11.1 Å². The molecule has 1 unspecified atom stereocenters. The van der Waals surface area contributed by atoms with E-state index in [-0.39, 0.29) is 29.7 Å². The predicted molar refractivity (Wildman–Crippen MR) is 78.7 cm³/mol. The first-order chi connectivity index (χ1) is 9.35. The highest BCUT2D eigenvalue weighted by molar-refractivity contribution is 6.31. The number of carbonyl (C=O) groups is 1. The topological polar surface area (TPSA) is 98.3 Å². The van der Waals surface area contributed by atoms with Gasteiger partial charge in [0.15, 0.2) is 0 Å². The third kappa shape index (κ3) is 4.47. The molecule has 3 N–H and O–H groups in total. The summed E-state index contributed by atoms with van der Waals surface area (Å²) in [6, 6.07) is 4.03. The Morgan fingerprint density at radius 3 is 2.65 bits per heavy atom. The Labute approximate surface area is 122 Å². The van der Waals surface area contributed by atoms with E-state index in [1.807, 2.05) is 13.8 Å². The summed E-state index contributed by atoms with van der Waals surface area (Å²) in [5.74, 6) is -0.399. The standard InChI is InChI=1S/C13H18ClN3O3/c1-8(2)5-9(7-15)13(18)16-11-6-10(14)3-4-12(11)17(19)20/h3-4,6,8-9H,5,7,15H2,1-2H3,(H,16,18). The van der Waals surface area contributed by atoms with Crippen molar-refractivity contribution in [2.75, 3.05) is 11.9 Å². The number of amides is 1. The van der Waals surface area contributed by atoms with Gasteiger partial charge in [0, 0.05) is 17.6 Å². The van der Waals surface area contributed by atoms with Gasteiger partial charge in [0.25, 0.3) is 5.69 Å². The van der Waals surface area contributed by atoms with E-state index in [1.54, 1.807) is 0 Å². The molecule has 7 heteroatoms. The first-order valence-electron chi connectivity index (χ1n) is 6.30. The van der Waals surface area contributed by atoms with E-state index in [9.17, 15) is 14.9 Å². The molecule has 110 valence electrons. The molecule has 0 aliphatic heterocycles. The fourth-order valence-electron chi connectivity index (χ4n) is 1.88. The normalized spacial score (nSPS) is 12.2. The van der Waals surface area contributed by atoms with Crippen LogP contribution in [0, 0.1) is 22.0 Å². The highest BCUT2D eigenvalue weighted by atomic mass is 35.5. The lowest BCUT2D eigenvalue weighted by Crippen LogP contribution is -2.30. The molecular formula is C13H18ClN3O3. The number of anilines is 1. The van der Waals surface area contributed by atoms with E-state index in [2.05, 4.69) is 5.32 Å². The zero-order valence-electron chi connectivity index (χ0n) is 11.4. The second-order valence-electron chi connectivity index (χ2n) is 4.97. The summed E-state index contributed by atoms with van der Waals surface area (Å²) in [6.45, 7) is 4.16. The van der Waals surface area contributed by atoms with Crippen molar-refractivity contribution in [1.29, 1.82) is 0 Å². The fourth-order valence-corrected chi connectivity index (χ4v) is 2.05. The summed E-state index contributed by atoms with van der Waals surface area (Å²) in [5, 5.41) is 13.8. The summed E-state index contributed by atoms with van der Waals surface area (Å²) in [4.78, 5) is 22.5. The maximum Gasteiger partial charge on any atom is 0.292 e. The summed E-state index contributed by atoms with van der Waals surface area (Å²) < 4.78 is 0. The van der Waals surface area contributed by atoms with Gasteiger partial charge in [-0.05, 0) is 24.5 Å². The number of nitrogens with one attached hydrogen (secondary N) is 1. The van der Waals surface area contributed by atoms with Crippen LogP contribution in [0.15, 0.2) is 18.2 Å². The molecule has 0 radical (unpaired) electrons. The minimum Gasteiger partial charge on any atom is -0.330 e. The van der Waals surface area contributed by atoms with Crippen molar-refractivity contribution in [3.63, 3.8) is 0 Å². The molecule has 0 aromatic heterocycles. The van der Waals surface area contributed by atoms with E-state index >= 15 is 0 Å². The van der Waals surface area contributed by atoms with Gasteiger partial charge in [-0.15, -0.1) is 0 Å². The lowest BCUT2D eigenvalue weighted by molar-refractivity contribution is -0.383. The summed E-state index contributed by atoms with van der Waals surface area (Å²) >= 11 is 5.80. The summed E-state index contributed by atoms with van der Waals surface area (Å²) in [7, 11) is 0. The first-order valence-corrected chi connectivity index (χ1v) is 6.67. The van der Waals surface area contributed by atoms with Crippen molar-refractivity contribution < 1.29 is 9.72 Å². The third-order valence-corrected chi connectivity index (χ3v) is 3.06. The average Bonchev–Trinajstić information content (AvgIpc) is 2.35. The molecule has 0 aliphatic carbocycles. The molecule has 1 aromatic rings. The van der Waals surface area contributed by atoms with Crippen LogP contribution in [0.1, 0.15) is 20.3 Å². The Hall–Kier alpha value is -1.66. The molecule has 1 aromatic carbocycles. The highest BCUT2D eigenvalue weighted by Gasteiger charge is 2.22. The van der Waals surface area contributed by atoms with Crippen LogP contribution >= 0.6 is 11.6 Å². The highest BCUT2D eigenvalue weighted by Crippen LogP contribution is 2.28. The quantitative estimate of drug-likeness (QED) is 0.623. The van der Waals surface area contributed by atoms with Gasteiger partial charge in [0.1, 0.15) is 5.69 Å². The van der Waals surface area contributed by atoms with Crippen LogP contribution in [-0.4, -0.2) is 17.4 Å².